The SMILES string of the molecule is CCCCCCCCCCCC[Si](C)(C)Oc1ccccc1C. The summed E-state index contributed by atoms with van der Waals surface area (Å²) in [5.41, 5.74) is 1.26. The molecule has 0 radical (unpaired) electrons. The Morgan fingerprint density at radius 2 is 1.30 bits per heavy atom. The highest BCUT2D eigenvalue weighted by atomic mass is 28.4. The summed E-state index contributed by atoms with van der Waals surface area (Å²) in [5, 5.41) is 0. The first kappa shape index (κ1) is 20.3. The second kappa shape index (κ2) is 11.7. The van der Waals surface area contributed by atoms with Crippen LogP contribution in [0.25, 0.3) is 0 Å². The molecule has 0 bridgehead atoms. The van der Waals surface area contributed by atoms with Gasteiger partial charge in [0.25, 0.3) is 0 Å². The minimum atomic E-state index is -1.57. The fourth-order valence-corrected chi connectivity index (χ4v) is 5.09. The van der Waals surface area contributed by atoms with Crippen LogP contribution in [0.5, 0.6) is 5.75 Å². The van der Waals surface area contributed by atoms with E-state index in [0.29, 0.717) is 0 Å². The van der Waals surface area contributed by atoms with Crippen LogP contribution in [0, 0.1) is 6.92 Å². The third-order valence-corrected chi connectivity index (χ3v) is 6.94. The number of unbranched alkanes of at least 4 members (excludes halogenated alkanes) is 9. The molecule has 0 saturated heterocycles. The molecule has 0 heterocycles. The first-order chi connectivity index (χ1) is 11.0. The molecule has 0 aliphatic heterocycles. The highest BCUT2D eigenvalue weighted by Crippen LogP contribution is 2.24. The van der Waals surface area contributed by atoms with E-state index in [2.05, 4.69) is 51.2 Å². The van der Waals surface area contributed by atoms with Crippen LogP contribution in [-0.2, 0) is 0 Å². The van der Waals surface area contributed by atoms with E-state index in [1.165, 1.54) is 75.8 Å². The maximum Gasteiger partial charge on any atom is 0.245 e. The monoisotopic (exact) mass is 334 g/mol. The molecule has 0 atom stereocenters. The van der Waals surface area contributed by atoms with Gasteiger partial charge in [0.05, 0.1) is 0 Å². The van der Waals surface area contributed by atoms with Gasteiger partial charge in [0.15, 0.2) is 0 Å². The average Bonchev–Trinajstić information content (AvgIpc) is 2.51. The van der Waals surface area contributed by atoms with E-state index in [0.717, 1.165) is 5.75 Å². The maximum absolute atomic E-state index is 6.35. The predicted octanol–water partition coefficient (Wildman–Crippen LogP) is 7.50. The highest BCUT2D eigenvalue weighted by Gasteiger charge is 2.24. The molecule has 1 aromatic rings. The van der Waals surface area contributed by atoms with Gasteiger partial charge in [-0.2, -0.15) is 0 Å². The summed E-state index contributed by atoms with van der Waals surface area (Å²) < 4.78 is 6.35. The third kappa shape index (κ3) is 9.86. The summed E-state index contributed by atoms with van der Waals surface area (Å²) >= 11 is 0. The van der Waals surface area contributed by atoms with Crippen LogP contribution in [0.1, 0.15) is 76.7 Å². The molecule has 23 heavy (non-hydrogen) atoms. The molecule has 0 N–H and O–H groups in total. The van der Waals surface area contributed by atoms with E-state index in [9.17, 15) is 0 Å². The van der Waals surface area contributed by atoms with Crippen LogP contribution in [0.3, 0.4) is 0 Å². The van der Waals surface area contributed by atoms with Crippen LogP contribution in [0.4, 0.5) is 0 Å². The zero-order chi connectivity index (χ0) is 17.0. The maximum atomic E-state index is 6.35. The average molecular weight is 335 g/mol. The molecule has 0 saturated carbocycles. The highest BCUT2D eigenvalue weighted by molar-refractivity contribution is 6.71. The number of benzene rings is 1. The third-order valence-electron chi connectivity index (χ3n) is 4.61. The Labute approximate surface area is 146 Å². The van der Waals surface area contributed by atoms with E-state index in [4.69, 9.17) is 4.43 Å². The molecule has 0 unspecified atom stereocenters. The fraction of sp³-hybridized carbons (Fsp3) is 0.714. The summed E-state index contributed by atoms with van der Waals surface area (Å²) in [7, 11) is -1.57. The number of hydrogen-bond acceptors (Lipinski definition) is 1. The molecule has 0 fully saturated rings. The van der Waals surface area contributed by atoms with Crippen molar-refractivity contribution in [1.29, 1.82) is 0 Å². The zero-order valence-corrected chi connectivity index (χ0v) is 17.0. The summed E-state index contributed by atoms with van der Waals surface area (Å²) in [4.78, 5) is 0. The largest absolute Gasteiger partial charge is 0.544 e. The number of aryl methyl sites for hydroxylation is 1. The van der Waals surface area contributed by atoms with E-state index in [1.54, 1.807) is 0 Å². The Morgan fingerprint density at radius 1 is 0.783 bits per heavy atom. The van der Waals surface area contributed by atoms with Crippen molar-refractivity contribution in [3.8, 4) is 5.75 Å². The summed E-state index contributed by atoms with van der Waals surface area (Å²) in [6, 6.07) is 9.69. The molecular formula is C21H38OSi. The van der Waals surface area contributed by atoms with Gasteiger partial charge in [0, 0.05) is 0 Å². The molecule has 0 aliphatic carbocycles. The van der Waals surface area contributed by atoms with Crippen LogP contribution >= 0.6 is 0 Å². The molecule has 0 amide bonds. The van der Waals surface area contributed by atoms with Crippen molar-refractivity contribution in [1.82, 2.24) is 0 Å². The lowest BCUT2D eigenvalue weighted by Crippen LogP contribution is -2.34. The molecule has 0 aromatic heterocycles. The van der Waals surface area contributed by atoms with Crippen molar-refractivity contribution >= 4 is 8.32 Å². The summed E-state index contributed by atoms with van der Waals surface area (Å²) in [6.45, 7) is 9.13. The second-order valence-electron chi connectivity index (χ2n) is 7.56. The van der Waals surface area contributed by atoms with E-state index in [1.807, 2.05) is 0 Å². The summed E-state index contributed by atoms with van der Waals surface area (Å²) in [6.07, 6.45) is 14.1. The Bertz CT molecular complexity index is 414. The van der Waals surface area contributed by atoms with Crippen molar-refractivity contribution in [2.24, 2.45) is 0 Å². The van der Waals surface area contributed by atoms with Gasteiger partial charge in [-0.15, -0.1) is 0 Å². The Morgan fingerprint density at radius 3 is 1.87 bits per heavy atom. The lowest BCUT2D eigenvalue weighted by molar-refractivity contribution is 0.528. The number of rotatable bonds is 13. The van der Waals surface area contributed by atoms with E-state index < -0.39 is 8.32 Å². The first-order valence-electron chi connectivity index (χ1n) is 9.80. The first-order valence-corrected chi connectivity index (χ1v) is 12.9. The molecule has 1 nitrogen and oxygen atoms in total. The fourth-order valence-electron chi connectivity index (χ4n) is 3.06. The molecule has 132 valence electrons. The van der Waals surface area contributed by atoms with Crippen molar-refractivity contribution in [2.45, 2.75) is 97.2 Å². The Kier molecular flexibility index (Phi) is 10.3. The van der Waals surface area contributed by atoms with Crippen LogP contribution < -0.4 is 4.43 Å². The standard InChI is InChI=1S/C21H38OSi/c1-5-6-7-8-9-10-11-12-13-16-19-23(3,4)22-21-18-15-14-17-20(21)2/h14-15,17-18H,5-13,16,19H2,1-4H3. The minimum Gasteiger partial charge on any atom is -0.544 e. The summed E-state index contributed by atoms with van der Waals surface area (Å²) in [5.74, 6) is 1.09. The smallest absolute Gasteiger partial charge is 0.245 e. The molecule has 1 rings (SSSR count). The van der Waals surface area contributed by atoms with Crippen molar-refractivity contribution in [2.75, 3.05) is 0 Å². The van der Waals surface area contributed by atoms with Crippen LogP contribution in [0.15, 0.2) is 24.3 Å². The van der Waals surface area contributed by atoms with Gasteiger partial charge < -0.3 is 4.43 Å². The van der Waals surface area contributed by atoms with Gasteiger partial charge in [0.2, 0.25) is 8.32 Å². The number of para-hydroxylation sites is 1. The predicted molar refractivity (Wildman–Crippen MR) is 106 cm³/mol. The van der Waals surface area contributed by atoms with Gasteiger partial charge in [-0.3, -0.25) is 0 Å². The second-order valence-corrected chi connectivity index (χ2v) is 11.8. The minimum absolute atomic E-state index is 1.09. The van der Waals surface area contributed by atoms with Crippen molar-refractivity contribution < 1.29 is 4.43 Å². The molecular weight excluding hydrogens is 296 g/mol. The van der Waals surface area contributed by atoms with Gasteiger partial charge in [-0.05, 0) is 37.7 Å². The van der Waals surface area contributed by atoms with Gasteiger partial charge >= 0.3 is 0 Å². The Balaban J connectivity index is 2.07. The van der Waals surface area contributed by atoms with Crippen LogP contribution in [0.2, 0.25) is 19.1 Å². The van der Waals surface area contributed by atoms with Crippen molar-refractivity contribution in [3.05, 3.63) is 29.8 Å². The normalized spacial score (nSPS) is 11.7. The quantitative estimate of drug-likeness (QED) is 0.268. The molecule has 0 spiro atoms. The van der Waals surface area contributed by atoms with Crippen LogP contribution in [-0.4, -0.2) is 8.32 Å². The molecule has 1 aromatic carbocycles. The molecule has 2 heteroatoms. The van der Waals surface area contributed by atoms with Gasteiger partial charge in [-0.25, -0.2) is 0 Å². The van der Waals surface area contributed by atoms with Crippen molar-refractivity contribution in [3.63, 3.8) is 0 Å². The van der Waals surface area contributed by atoms with Gasteiger partial charge in [0.1, 0.15) is 5.75 Å². The molecule has 0 aliphatic rings. The topological polar surface area (TPSA) is 9.23 Å². The van der Waals surface area contributed by atoms with E-state index in [-0.39, 0.29) is 0 Å². The lowest BCUT2D eigenvalue weighted by atomic mass is 10.1. The number of hydrogen-bond donors (Lipinski definition) is 0. The Hall–Kier alpha value is -0.763. The lowest BCUT2D eigenvalue weighted by Gasteiger charge is -2.25. The van der Waals surface area contributed by atoms with E-state index >= 15 is 0 Å². The van der Waals surface area contributed by atoms with Gasteiger partial charge in [-0.1, -0.05) is 89.3 Å². The zero-order valence-electron chi connectivity index (χ0n) is 16.0.